The summed E-state index contributed by atoms with van der Waals surface area (Å²) in [5.41, 5.74) is 3.27. The molecule has 3 heteroatoms. The Bertz CT molecular complexity index is 1400. The summed E-state index contributed by atoms with van der Waals surface area (Å²) in [5.74, 6) is 0. The van der Waals surface area contributed by atoms with E-state index < -0.39 is 0 Å². The molecule has 3 aromatic carbocycles. The Hall–Kier alpha value is -3.23. The van der Waals surface area contributed by atoms with Crippen LogP contribution in [0.5, 0.6) is 0 Å². The third-order valence-electron chi connectivity index (χ3n) is 5.96. The first-order valence-electron chi connectivity index (χ1n) is 9.90. The lowest BCUT2D eigenvalue weighted by atomic mass is 10.0. The number of nitrogens with one attached hydrogen (secondary N) is 1. The topological polar surface area (TPSA) is 17.0 Å². The molecule has 1 aromatic heterocycles. The van der Waals surface area contributed by atoms with E-state index >= 15 is 0 Å². The molecule has 0 radical (unpaired) electrons. The van der Waals surface area contributed by atoms with Crippen molar-refractivity contribution in [2.75, 3.05) is 5.32 Å². The molecule has 29 heavy (non-hydrogen) atoms. The third kappa shape index (κ3) is 2.56. The number of fused-ring (bicyclic) bond motifs is 3. The monoisotopic (exact) mass is 394 g/mol. The lowest BCUT2D eigenvalue weighted by Gasteiger charge is -2.23. The highest BCUT2D eigenvalue weighted by atomic mass is 35.5. The molecule has 4 aromatic rings. The molecule has 140 valence electrons. The average molecular weight is 395 g/mol. The van der Waals surface area contributed by atoms with Crippen LogP contribution in [0.2, 0.25) is 5.02 Å². The Morgan fingerprint density at radius 1 is 0.793 bits per heavy atom. The maximum absolute atomic E-state index is 6.67. The fraction of sp³-hybridized carbons (Fsp3) is 0.0769. The maximum Gasteiger partial charge on any atom is 0.0764 e. The standard InChI is InChI=1S/C26H19ClN2/c27-21-15-18(17-7-2-1-3-8-17)13-14-22(21)28-23-16-26-20-10-5-4-9-19(20)24-11-6-12-25(23)29(24)26/h1-16,23,25,28H. The summed E-state index contributed by atoms with van der Waals surface area (Å²) in [7, 11) is 0. The largest absolute Gasteiger partial charge is 0.375 e. The summed E-state index contributed by atoms with van der Waals surface area (Å²) in [4.78, 5) is 0. The molecule has 0 amide bonds. The molecule has 0 bridgehead atoms. The van der Waals surface area contributed by atoms with Gasteiger partial charge in [0.05, 0.1) is 22.8 Å². The smallest absolute Gasteiger partial charge is 0.0764 e. The van der Waals surface area contributed by atoms with Crippen LogP contribution in [-0.2, 0) is 0 Å². The molecule has 0 aliphatic carbocycles. The van der Waals surface area contributed by atoms with Gasteiger partial charge in [0.15, 0.2) is 0 Å². The number of allylic oxidation sites excluding steroid dienone is 1. The van der Waals surface area contributed by atoms with Gasteiger partial charge in [-0.25, -0.2) is 0 Å². The Kier molecular flexibility index (Phi) is 3.68. The zero-order chi connectivity index (χ0) is 19.4. The summed E-state index contributed by atoms with van der Waals surface area (Å²) in [6, 6.07) is 25.6. The predicted octanol–water partition coefficient (Wildman–Crippen LogP) is 5.13. The predicted molar refractivity (Wildman–Crippen MR) is 123 cm³/mol. The van der Waals surface area contributed by atoms with Crippen molar-refractivity contribution in [3.63, 3.8) is 0 Å². The summed E-state index contributed by atoms with van der Waals surface area (Å²) in [6.07, 6.45) is 8.98. The molecule has 2 unspecified atom stereocenters. The van der Waals surface area contributed by atoms with Crippen molar-refractivity contribution in [2.24, 2.45) is 0 Å². The molecule has 2 atom stereocenters. The zero-order valence-corrected chi connectivity index (χ0v) is 16.5. The highest BCUT2D eigenvalue weighted by molar-refractivity contribution is 6.33. The van der Waals surface area contributed by atoms with E-state index in [0.717, 1.165) is 16.3 Å². The van der Waals surface area contributed by atoms with Gasteiger partial charge in [0, 0.05) is 21.5 Å². The van der Waals surface area contributed by atoms with Crippen LogP contribution >= 0.6 is 11.6 Å². The maximum atomic E-state index is 6.67. The minimum Gasteiger partial charge on any atom is -0.375 e. The lowest BCUT2D eigenvalue weighted by molar-refractivity contribution is 0.590. The molecule has 1 N–H and O–H groups in total. The number of benzene rings is 3. The van der Waals surface area contributed by atoms with Crippen molar-refractivity contribution in [1.29, 1.82) is 0 Å². The van der Waals surface area contributed by atoms with Gasteiger partial charge >= 0.3 is 0 Å². The average Bonchev–Trinajstić information content (AvgIpc) is 3.29. The van der Waals surface area contributed by atoms with Gasteiger partial charge in [0.1, 0.15) is 0 Å². The van der Waals surface area contributed by atoms with Crippen LogP contribution in [0.15, 0.2) is 84.9 Å². The third-order valence-corrected chi connectivity index (χ3v) is 6.28. The molecule has 6 rings (SSSR count). The Balaban J connectivity index is 1.39. The van der Waals surface area contributed by atoms with Crippen molar-refractivity contribution in [2.45, 2.75) is 12.1 Å². The highest BCUT2D eigenvalue weighted by Crippen LogP contribution is 2.32. The second-order valence-corrected chi connectivity index (χ2v) is 8.03. The minimum atomic E-state index is 0.165. The second-order valence-electron chi connectivity index (χ2n) is 7.63. The summed E-state index contributed by atoms with van der Waals surface area (Å²) < 4.78 is 2.44. The molecule has 3 heterocycles. The molecule has 2 aliphatic heterocycles. The number of nitrogens with zero attached hydrogens (tertiary/aromatic N) is 1. The van der Waals surface area contributed by atoms with E-state index in [-0.39, 0.29) is 12.1 Å². The van der Waals surface area contributed by atoms with Crippen LogP contribution < -0.4 is 16.0 Å². The van der Waals surface area contributed by atoms with Crippen molar-refractivity contribution in [3.05, 3.63) is 101 Å². The van der Waals surface area contributed by atoms with Crippen LogP contribution in [0.4, 0.5) is 5.69 Å². The van der Waals surface area contributed by atoms with E-state index in [9.17, 15) is 0 Å². The summed E-state index contributed by atoms with van der Waals surface area (Å²) in [6.45, 7) is 0. The second kappa shape index (κ2) is 6.40. The first-order chi connectivity index (χ1) is 14.3. The van der Waals surface area contributed by atoms with Gasteiger partial charge in [-0.1, -0.05) is 84.4 Å². The molecule has 0 spiro atoms. The quantitative estimate of drug-likeness (QED) is 0.510. The molecule has 0 saturated carbocycles. The van der Waals surface area contributed by atoms with Gasteiger partial charge in [-0.15, -0.1) is 0 Å². The van der Waals surface area contributed by atoms with Crippen LogP contribution in [0.1, 0.15) is 6.04 Å². The van der Waals surface area contributed by atoms with Gasteiger partial charge in [-0.3, -0.25) is 0 Å². The minimum absolute atomic E-state index is 0.165. The SMILES string of the molecule is Clc1cc(-c2ccccc2)ccc1NC1C=c2c3ccccc3c3n2C1C=CC=3. The van der Waals surface area contributed by atoms with E-state index in [1.807, 2.05) is 24.3 Å². The number of hydrogen-bond donors (Lipinski definition) is 1. The van der Waals surface area contributed by atoms with Gasteiger partial charge in [-0.2, -0.15) is 0 Å². The normalized spacial score (nSPS) is 18.9. The number of rotatable bonds is 3. The fourth-order valence-electron chi connectivity index (χ4n) is 4.63. The van der Waals surface area contributed by atoms with Crippen LogP contribution in [0.3, 0.4) is 0 Å². The zero-order valence-electron chi connectivity index (χ0n) is 15.7. The van der Waals surface area contributed by atoms with E-state index in [2.05, 4.69) is 82.7 Å². The Morgan fingerprint density at radius 3 is 2.34 bits per heavy atom. The molecular formula is C26H19ClN2. The first kappa shape index (κ1) is 16.7. The lowest BCUT2D eigenvalue weighted by Crippen LogP contribution is -2.33. The van der Waals surface area contributed by atoms with Crippen molar-refractivity contribution >= 4 is 40.2 Å². The van der Waals surface area contributed by atoms with Gasteiger partial charge in [-0.05, 0) is 35.4 Å². The van der Waals surface area contributed by atoms with Gasteiger partial charge in [0.2, 0.25) is 0 Å². The highest BCUT2D eigenvalue weighted by Gasteiger charge is 2.29. The fourth-order valence-corrected chi connectivity index (χ4v) is 4.86. The van der Waals surface area contributed by atoms with E-state index in [4.69, 9.17) is 11.6 Å². The number of halogens is 1. The van der Waals surface area contributed by atoms with Gasteiger partial charge < -0.3 is 9.88 Å². The van der Waals surface area contributed by atoms with Crippen LogP contribution in [0, 0.1) is 0 Å². The van der Waals surface area contributed by atoms with E-state index in [1.54, 1.807) is 0 Å². The van der Waals surface area contributed by atoms with Crippen molar-refractivity contribution in [1.82, 2.24) is 4.57 Å². The van der Waals surface area contributed by atoms with Crippen molar-refractivity contribution in [3.8, 4) is 11.1 Å². The number of aromatic nitrogens is 1. The molecule has 0 fully saturated rings. The van der Waals surface area contributed by atoms with E-state index in [1.165, 1.54) is 27.0 Å². The Labute approximate surface area is 174 Å². The van der Waals surface area contributed by atoms with Crippen LogP contribution in [0.25, 0.3) is 34.1 Å². The first-order valence-corrected chi connectivity index (χ1v) is 10.3. The molecule has 2 aliphatic rings. The number of hydrogen-bond acceptors (Lipinski definition) is 1. The molecule has 2 nitrogen and oxygen atoms in total. The van der Waals surface area contributed by atoms with Crippen LogP contribution in [-0.4, -0.2) is 10.6 Å². The molecular weight excluding hydrogens is 376 g/mol. The Morgan fingerprint density at radius 2 is 1.55 bits per heavy atom. The molecule has 0 saturated heterocycles. The number of anilines is 1. The summed E-state index contributed by atoms with van der Waals surface area (Å²) in [5, 5.41) is 9.62. The summed E-state index contributed by atoms with van der Waals surface area (Å²) >= 11 is 6.67. The van der Waals surface area contributed by atoms with Gasteiger partial charge in [0.25, 0.3) is 0 Å². The van der Waals surface area contributed by atoms with E-state index in [0.29, 0.717) is 0 Å². The van der Waals surface area contributed by atoms with Crippen molar-refractivity contribution < 1.29 is 0 Å².